The quantitative estimate of drug-likeness (QED) is 0.521. The number of rotatable bonds is 4. The number of amides is 1. The lowest BCUT2D eigenvalue weighted by atomic mass is 10.0. The molecule has 0 N–H and O–H groups in total. The third-order valence-electron chi connectivity index (χ3n) is 5.33. The van der Waals surface area contributed by atoms with Gasteiger partial charge in [0.05, 0.1) is 12.2 Å². The number of nitrogens with zero attached hydrogens (tertiary/aromatic N) is 6. The molecule has 0 saturated carbocycles. The molecule has 1 amide bonds. The van der Waals surface area contributed by atoms with Crippen molar-refractivity contribution >= 4 is 5.91 Å². The second-order valence-corrected chi connectivity index (χ2v) is 7.26. The highest BCUT2D eigenvalue weighted by molar-refractivity contribution is 5.94. The molecule has 0 radical (unpaired) electrons. The molecule has 0 bridgehead atoms. The summed E-state index contributed by atoms with van der Waals surface area (Å²) in [6.07, 6.45) is 3.47. The SMILES string of the molecule is O=C(c1ccccc1)N1CCC(n2cc(-c3nc(-c4ccccc4)no3)nn2)CC1. The van der Waals surface area contributed by atoms with Crippen molar-refractivity contribution in [3.63, 3.8) is 0 Å². The maximum Gasteiger partial charge on any atom is 0.280 e. The van der Waals surface area contributed by atoms with Crippen LogP contribution < -0.4 is 0 Å². The Bertz CT molecular complexity index is 1130. The number of aromatic nitrogens is 5. The van der Waals surface area contributed by atoms with Crippen LogP contribution in [0.15, 0.2) is 71.4 Å². The third-order valence-corrected chi connectivity index (χ3v) is 5.33. The number of likely N-dealkylation sites (tertiary alicyclic amines) is 1. The Labute approximate surface area is 173 Å². The Morgan fingerprint density at radius 1 is 0.967 bits per heavy atom. The number of hydrogen-bond donors (Lipinski definition) is 0. The Balaban J connectivity index is 1.25. The monoisotopic (exact) mass is 400 g/mol. The van der Waals surface area contributed by atoms with Crippen LogP contribution in [0.2, 0.25) is 0 Å². The first-order valence-corrected chi connectivity index (χ1v) is 9.93. The zero-order chi connectivity index (χ0) is 20.3. The van der Waals surface area contributed by atoms with Crippen LogP contribution in [0.4, 0.5) is 0 Å². The fourth-order valence-corrected chi connectivity index (χ4v) is 3.68. The zero-order valence-corrected chi connectivity index (χ0v) is 16.3. The van der Waals surface area contributed by atoms with E-state index in [2.05, 4.69) is 20.5 Å². The molecule has 3 heterocycles. The molecule has 8 nitrogen and oxygen atoms in total. The number of piperidine rings is 1. The standard InChI is InChI=1S/C22H20N6O2/c29-22(17-9-5-2-6-10-17)27-13-11-18(12-14-27)28-15-19(24-26-28)21-23-20(25-30-21)16-7-3-1-4-8-16/h1-10,15,18H,11-14H2. The summed E-state index contributed by atoms with van der Waals surface area (Å²) in [6.45, 7) is 1.37. The molecule has 1 saturated heterocycles. The summed E-state index contributed by atoms with van der Waals surface area (Å²) in [6, 6.07) is 19.2. The molecule has 0 atom stereocenters. The lowest BCUT2D eigenvalue weighted by molar-refractivity contribution is 0.0689. The van der Waals surface area contributed by atoms with Crippen LogP contribution in [0.3, 0.4) is 0 Å². The number of benzene rings is 2. The van der Waals surface area contributed by atoms with E-state index in [9.17, 15) is 4.79 Å². The fourth-order valence-electron chi connectivity index (χ4n) is 3.68. The lowest BCUT2D eigenvalue weighted by Gasteiger charge is -2.31. The predicted octanol–water partition coefficient (Wildman–Crippen LogP) is 3.47. The Morgan fingerprint density at radius 2 is 1.67 bits per heavy atom. The van der Waals surface area contributed by atoms with Gasteiger partial charge in [-0.25, -0.2) is 4.68 Å². The van der Waals surface area contributed by atoms with Crippen molar-refractivity contribution in [2.45, 2.75) is 18.9 Å². The number of carbonyl (C=O) groups excluding carboxylic acids is 1. The van der Waals surface area contributed by atoms with Gasteiger partial charge in [0.1, 0.15) is 0 Å². The lowest BCUT2D eigenvalue weighted by Crippen LogP contribution is -2.39. The minimum absolute atomic E-state index is 0.0765. The van der Waals surface area contributed by atoms with Crippen LogP contribution in [0.25, 0.3) is 23.0 Å². The summed E-state index contributed by atoms with van der Waals surface area (Å²) in [5, 5.41) is 12.5. The molecular weight excluding hydrogens is 380 g/mol. The van der Waals surface area contributed by atoms with Gasteiger partial charge in [0.2, 0.25) is 5.82 Å². The average Bonchev–Trinajstić information content (AvgIpc) is 3.50. The first-order valence-electron chi connectivity index (χ1n) is 9.93. The van der Waals surface area contributed by atoms with E-state index in [-0.39, 0.29) is 11.9 Å². The summed E-state index contributed by atoms with van der Waals surface area (Å²) in [5.41, 5.74) is 2.16. The van der Waals surface area contributed by atoms with Gasteiger partial charge in [-0.3, -0.25) is 4.79 Å². The highest BCUT2D eigenvalue weighted by Gasteiger charge is 2.26. The molecule has 0 unspecified atom stereocenters. The largest absolute Gasteiger partial charge is 0.338 e. The van der Waals surface area contributed by atoms with Crippen LogP contribution in [0, 0.1) is 0 Å². The zero-order valence-electron chi connectivity index (χ0n) is 16.3. The molecule has 0 spiro atoms. The van der Waals surface area contributed by atoms with E-state index < -0.39 is 0 Å². The normalized spacial score (nSPS) is 14.7. The van der Waals surface area contributed by atoms with Gasteiger partial charge in [-0.1, -0.05) is 58.9 Å². The molecule has 0 aliphatic carbocycles. The smallest absolute Gasteiger partial charge is 0.280 e. The van der Waals surface area contributed by atoms with Gasteiger partial charge in [0.25, 0.3) is 11.8 Å². The van der Waals surface area contributed by atoms with Gasteiger partial charge < -0.3 is 9.42 Å². The van der Waals surface area contributed by atoms with E-state index in [4.69, 9.17) is 4.52 Å². The van der Waals surface area contributed by atoms with Crippen molar-refractivity contribution in [1.82, 2.24) is 30.0 Å². The van der Waals surface area contributed by atoms with E-state index in [1.54, 1.807) is 0 Å². The van der Waals surface area contributed by atoms with E-state index in [1.165, 1.54) is 0 Å². The summed E-state index contributed by atoms with van der Waals surface area (Å²) in [4.78, 5) is 18.9. The van der Waals surface area contributed by atoms with E-state index in [1.807, 2.05) is 76.4 Å². The second-order valence-electron chi connectivity index (χ2n) is 7.26. The van der Waals surface area contributed by atoms with Crippen molar-refractivity contribution in [2.75, 3.05) is 13.1 Å². The van der Waals surface area contributed by atoms with Crippen LogP contribution in [0.5, 0.6) is 0 Å². The van der Waals surface area contributed by atoms with Crippen molar-refractivity contribution in [3.05, 3.63) is 72.4 Å². The molecule has 1 aliphatic rings. The number of carbonyl (C=O) groups is 1. The first-order chi connectivity index (χ1) is 14.8. The first kappa shape index (κ1) is 18.2. The third kappa shape index (κ3) is 3.59. The van der Waals surface area contributed by atoms with Crippen LogP contribution in [-0.2, 0) is 0 Å². The highest BCUT2D eigenvalue weighted by atomic mass is 16.5. The molecule has 2 aromatic carbocycles. The summed E-state index contributed by atoms with van der Waals surface area (Å²) >= 11 is 0. The van der Waals surface area contributed by atoms with E-state index >= 15 is 0 Å². The van der Waals surface area contributed by atoms with Gasteiger partial charge in [0.15, 0.2) is 5.69 Å². The molecule has 30 heavy (non-hydrogen) atoms. The maximum absolute atomic E-state index is 12.6. The van der Waals surface area contributed by atoms with Crippen LogP contribution in [0.1, 0.15) is 29.2 Å². The van der Waals surface area contributed by atoms with Crippen molar-refractivity contribution in [2.24, 2.45) is 0 Å². The molecule has 150 valence electrons. The van der Waals surface area contributed by atoms with Gasteiger partial charge in [-0.05, 0) is 25.0 Å². The number of hydrogen-bond acceptors (Lipinski definition) is 6. The molecule has 1 aliphatic heterocycles. The Morgan fingerprint density at radius 3 is 2.40 bits per heavy atom. The Hall–Kier alpha value is -3.81. The van der Waals surface area contributed by atoms with Gasteiger partial charge in [-0.15, -0.1) is 5.10 Å². The fraction of sp³-hybridized carbons (Fsp3) is 0.227. The molecule has 8 heteroatoms. The van der Waals surface area contributed by atoms with Crippen molar-refractivity contribution in [1.29, 1.82) is 0 Å². The predicted molar refractivity (Wildman–Crippen MR) is 109 cm³/mol. The van der Waals surface area contributed by atoms with E-state index in [0.29, 0.717) is 30.5 Å². The van der Waals surface area contributed by atoms with Crippen LogP contribution in [-0.4, -0.2) is 49.0 Å². The van der Waals surface area contributed by atoms with Crippen molar-refractivity contribution in [3.8, 4) is 23.0 Å². The minimum Gasteiger partial charge on any atom is -0.338 e. The Kier molecular flexibility index (Phi) is 4.80. The van der Waals surface area contributed by atoms with Gasteiger partial charge in [0, 0.05) is 24.2 Å². The summed E-state index contributed by atoms with van der Waals surface area (Å²) in [7, 11) is 0. The molecule has 1 fully saturated rings. The van der Waals surface area contributed by atoms with Gasteiger partial charge >= 0.3 is 0 Å². The van der Waals surface area contributed by atoms with Crippen molar-refractivity contribution < 1.29 is 9.32 Å². The second kappa shape index (κ2) is 7.90. The minimum atomic E-state index is 0.0765. The molecule has 5 rings (SSSR count). The van der Waals surface area contributed by atoms with E-state index in [0.717, 1.165) is 24.0 Å². The van der Waals surface area contributed by atoms with Gasteiger partial charge in [-0.2, -0.15) is 4.98 Å². The highest BCUT2D eigenvalue weighted by Crippen LogP contribution is 2.25. The maximum atomic E-state index is 12.6. The van der Waals surface area contributed by atoms with Crippen LogP contribution >= 0.6 is 0 Å². The average molecular weight is 400 g/mol. The topological polar surface area (TPSA) is 89.9 Å². The summed E-state index contributed by atoms with van der Waals surface area (Å²) in [5.74, 6) is 0.942. The molecular formula is C22H20N6O2. The molecule has 2 aromatic heterocycles. The summed E-state index contributed by atoms with van der Waals surface area (Å²) < 4.78 is 7.21. The molecule has 4 aromatic rings.